The van der Waals surface area contributed by atoms with E-state index in [1.54, 1.807) is 18.4 Å². The largest absolute Gasteiger partial charge is 0.496 e. The Hall–Kier alpha value is -2.52. The van der Waals surface area contributed by atoms with E-state index < -0.39 is 0 Å². The molecule has 0 radical (unpaired) electrons. The molecular weight excluding hydrogens is 561 g/mol. The quantitative estimate of drug-likeness (QED) is 0.0935. The second kappa shape index (κ2) is 16.8. The van der Waals surface area contributed by atoms with Crippen molar-refractivity contribution in [3.05, 3.63) is 58.3 Å². The van der Waals surface area contributed by atoms with Gasteiger partial charge < -0.3 is 9.47 Å². The fourth-order valence-corrected chi connectivity index (χ4v) is 7.71. The van der Waals surface area contributed by atoms with Crippen molar-refractivity contribution in [2.75, 3.05) is 13.7 Å². The Bertz CT molecular complexity index is 1410. The van der Waals surface area contributed by atoms with E-state index in [1.165, 1.54) is 77.3 Å². The van der Waals surface area contributed by atoms with Crippen LogP contribution in [0.5, 0.6) is 11.5 Å². The molecule has 41 heavy (non-hydrogen) atoms. The Labute approximate surface area is 259 Å². The molecule has 4 aromatic rings. The fraction of sp³-hybridized carbons (Fsp3) is 0.444. The van der Waals surface area contributed by atoms with Gasteiger partial charge in [0.25, 0.3) is 0 Å². The molecule has 0 aliphatic carbocycles. The molecule has 0 fully saturated rings. The highest BCUT2D eigenvalue weighted by atomic mass is 32.1. The molecule has 0 saturated carbocycles. The average molecular weight is 605 g/mol. The van der Waals surface area contributed by atoms with E-state index in [9.17, 15) is 0 Å². The monoisotopic (exact) mass is 604 g/mol. The first-order valence-electron chi connectivity index (χ1n) is 15.2. The van der Waals surface area contributed by atoms with Gasteiger partial charge >= 0.3 is 0 Å². The number of ether oxygens (including phenoxy) is 2. The van der Waals surface area contributed by atoms with Crippen LogP contribution in [0.4, 0.5) is 0 Å². The maximum Gasteiger partial charge on any atom is 0.128 e. The topological polar surface area (TPSA) is 18.5 Å². The van der Waals surface area contributed by atoms with Crippen LogP contribution in [0, 0.1) is 18.8 Å². The second-order valence-corrected chi connectivity index (χ2v) is 14.0. The van der Waals surface area contributed by atoms with Gasteiger partial charge in [-0.05, 0) is 68.3 Å². The predicted molar refractivity (Wildman–Crippen MR) is 182 cm³/mol. The summed E-state index contributed by atoms with van der Waals surface area (Å²) < 4.78 is 12.4. The molecule has 0 unspecified atom stereocenters. The summed E-state index contributed by atoms with van der Waals surface area (Å²) in [5.74, 6) is 8.59. The van der Waals surface area contributed by atoms with Crippen molar-refractivity contribution in [3.63, 3.8) is 0 Å². The van der Waals surface area contributed by atoms with Gasteiger partial charge in [0, 0.05) is 41.9 Å². The number of unbranched alkanes of at least 4 members (excludes halogenated alkanes) is 9. The number of methoxy groups -OCH3 is 1. The number of hydrogen-bond donors (Lipinski definition) is 0. The summed E-state index contributed by atoms with van der Waals surface area (Å²) in [6.45, 7) is 7.39. The van der Waals surface area contributed by atoms with Gasteiger partial charge in [-0.15, -0.1) is 34.0 Å². The summed E-state index contributed by atoms with van der Waals surface area (Å²) in [5.41, 5.74) is 2.17. The molecule has 4 rings (SSSR count). The zero-order valence-electron chi connectivity index (χ0n) is 25.1. The minimum atomic E-state index is 0.723. The molecule has 3 heterocycles. The van der Waals surface area contributed by atoms with Crippen molar-refractivity contribution >= 4 is 34.0 Å². The van der Waals surface area contributed by atoms with Crippen LogP contribution in [0.2, 0.25) is 0 Å². The van der Waals surface area contributed by atoms with Gasteiger partial charge in [-0.25, -0.2) is 0 Å². The Morgan fingerprint density at radius 2 is 1.24 bits per heavy atom. The Kier molecular flexibility index (Phi) is 12.9. The summed E-state index contributed by atoms with van der Waals surface area (Å²) in [6.07, 6.45) is 13.5. The van der Waals surface area contributed by atoms with E-state index in [0.29, 0.717) is 0 Å². The lowest BCUT2D eigenvalue weighted by molar-refractivity contribution is 0.306. The van der Waals surface area contributed by atoms with E-state index in [1.807, 2.05) is 22.7 Å². The molecule has 0 aliphatic heterocycles. The third-order valence-electron chi connectivity index (χ3n) is 7.15. The van der Waals surface area contributed by atoms with E-state index in [4.69, 9.17) is 9.47 Å². The summed E-state index contributed by atoms with van der Waals surface area (Å²) in [4.78, 5) is 7.40. The normalized spacial score (nSPS) is 10.9. The molecule has 2 nitrogen and oxygen atoms in total. The molecular formula is C36H44O2S3. The Balaban J connectivity index is 1.55. The number of thiophene rings is 3. The van der Waals surface area contributed by atoms with E-state index in [-0.39, 0.29) is 0 Å². The van der Waals surface area contributed by atoms with Crippen molar-refractivity contribution in [1.29, 1.82) is 0 Å². The van der Waals surface area contributed by atoms with Crippen molar-refractivity contribution in [2.45, 2.75) is 91.4 Å². The van der Waals surface area contributed by atoms with E-state index in [0.717, 1.165) is 51.8 Å². The molecule has 0 spiro atoms. The smallest absolute Gasteiger partial charge is 0.128 e. The van der Waals surface area contributed by atoms with Crippen molar-refractivity contribution in [1.82, 2.24) is 0 Å². The third-order valence-corrected chi connectivity index (χ3v) is 10.5. The molecule has 218 valence electrons. The minimum Gasteiger partial charge on any atom is -0.496 e. The lowest BCUT2D eigenvalue weighted by Gasteiger charge is -2.15. The fourth-order valence-electron chi connectivity index (χ4n) is 4.82. The minimum absolute atomic E-state index is 0.723. The molecule has 1 aromatic carbocycles. The average Bonchev–Trinajstić information content (AvgIpc) is 3.75. The van der Waals surface area contributed by atoms with Gasteiger partial charge in [-0.3, -0.25) is 0 Å². The first kappa shape index (κ1) is 31.4. The van der Waals surface area contributed by atoms with Crippen LogP contribution in [-0.4, -0.2) is 13.7 Å². The van der Waals surface area contributed by atoms with Gasteiger partial charge in [0.05, 0.1) is 18.6 Å². The lowest BCUT2D eigenvalue weighted by Crippen LogP contribution is -2.00. The van der Waals surface area contributed by atoms with Crippen molar-refractivity contribution in [2.24, 2.45) is 0 Å². The standard InChI is InChI=1S/C36H44O2S3/c1-5-7-9-11-12-13-14-15-17-28-19-21-33(40-28)29-26-32(38-24-16-10-8-6-2)30(25-31(29)37-4)34-22-23-36(41-34)35-20-18-27(3)39-35/h18-23,25-26H,5-14,16,24H2,1-4H3. The number of aryl methyl sites for hydroxylation is 1. The van der Waals surface area contributed by atoms with Crippen molar-refractivity contribution < 1.29 is 9.47 Å². The highest BCUT2D eigenvalue weighted by Crippen LogP contribution is 2.46. The SMILES string of the molecule is CCCCCCCCC#Cc1ccc(-c2cc(OCCCCCC)c(-c3ccc(-c4ccc(C)s4)s3)cc2OC)s1. The van der Waals surface area contributed by atoms with Crippen molar-refractivity contribution in [3.8, 4) is 54.0 Å². The van der Waals surface area contributed by atoms with Gasteiger partial charge in [0.15, 0.2) is 0 Å². The summed E-state index contributed by atoms with van der Waals surface area (Å²) >= 11 is 5.39. The highest BCUT2D eigenvalue weighted by Gasteiger charge is 2.18. The highest BCUT2D eigenvalue weighted by molar-refractivity contribution is 7.23. The second-order valence-electron chi connectivity index (χ2n) is 10.5. The van der Waals surface area contributed by atoms with Gasteiger partial charge in [0.2, 0.25) is 0 Å². The van der Waals surface area contributed by atoms with Crippen LogP contribution in [0.25, 0.3) is 30.6 Å². The van der Waals surface area contributed by atoms with Crippen LogP contribution in [0.1, 0.15) is 94.2 Å². The van der Waals surface area contributed by atoms with Crippen LogP contribution >= 0.6 is 34.0 Å². The first-order valence-corrected chi connectivity index (χ1v) is 17.7. The zero-order valence-corrected chi connectivity index (χ0v) is 27.6. The molecule has 0 saturated heterocycles. The van der Waals surface area contributed by atoms with E-state index in [2.05, 4.69) is 81.1 Å². The van der Waals surface area contributed by atoms with Crippen LogP contribution in [0.3, 0.4) is 0 Å². The molecule has 0 N–H and O–H groups in total. The summed E-state index contributed by atoms with van der Waals surface area (Å²) in [6, 6.07) is 17.5. The third kappa shape index (κ3) is 9.23. The summed E-state index contributed by atoms with van der Waals surface area (Å²) in [7, 11) is 1.76. The van der Waals surface area contributed by atoms with Crippen LogP contribution in [-0.2, 0) is 0 Å². The Morgan fingerprint density at radius 1 is 0.634 bits per heavy atom. The first-order chi connectivity index (χ1) is 20.1. The number of benzene rings is 1. The molecule has 5 heteroatoms. The predicted octanol–water partition coefficient (Wildman–Crippen LogP) is 12.3. The molecule has 0 aliphatic rings. The Morgan fingerprint density at radius 3 is 2.00 bits per heavy atom. The van der Waals surface area contributed by atoms with Crippen LogP contribution in [0.15, 0.2) is 48.5 Å². The number of rotatable bonds is 16. The molecule has 0 atom stereocenters. The van der Waals surface area contributed by atoms with E-state index >= 15 is 0 Å². The maximum absolute atomic E-state index is 6.48. The molecule has 0 bridgehead atoms. The zero-order chi connectivity index (χ0) is 28.9. The van der Waals surface area contributed by atoms with Gasteiger partial charge in [-0.2, -0.15) is 0 Å². The van der Waals surface area contributed by atoms with Crippen LogP contribution < -0.4 is 9.47 Å². The number of hydrogen-bond acceptors (Lipinski definition) is 5. The maximum atomic E-state index is 6.48. The lowest BCUT2D eigenvalue weighted by atomic mass is 10.1. The molecule has 3 aromatic heterocycles. The van der Waals surface area contributed by atoms with Gasteiger partial charge in [0.1, 0.15) is 11.5 Å². The van der Waals surface area contributed by atoms with Gasteiger partial charge in [-0.1, -0.05) is 77.1 Å². The summed E-state index contributed by atoms with van der Waals surface area (Å²) in [5, 5.41) is 0. The molecule has 0 amide bonds.